The zero-order chi connectivity index (χ0) is 43.2. The molecule has 4 heteroatoms. The zero-order valence-electron chi connectivity index (χ0n) is 39.2. The number of allylic oxidation sites excluding steroid dienone is 2. The van der Waals surface area contributed by atoms with Gasteiger partial charge >= 0.3 is 0 Å². The molecule has 3 rings (SSSR count). The Morgan fingerprint density at radius 3 is 1.84 bits per heavy atom. The lowest BCUT2D eigenvalue weighted by Gasteiger charge is -2.48. The van der Waals surface area contributed by atoms with E-state index in [1.54, 1.807) is 0 Å². The molecule has 5 unspecified atom stereocenters. The van der Waals surface area contributed by atoms with Crippen molar-refractivity contribution in [2.45, 2.75) is 199 Å². The number of carbonyl (C=O) groups excluding carboxylic acids is 2. The fourth-order valence-corrected chi connectivity index (χ4v) is 8.77. The molecule has 0 aromatic carbocycles. The molecule has 3 aliphatic carbocycles. The van der Waals surface area contributed by atoms with Gasteiger partial charge in [0.2, 0.25) is 5.78 Å². The van der Waals surface area contributed by atoms with Gasteiger partial charge in [-0.1, -0.05) is 146 Å². The Morgan fingerprint density at radius 1 is 0.945 bits per heavy atom. The number of Topliss-reactive ketones (excluding diaryl/α,β-unsaturated/α-hetero) is 2. The number of hydrogen-bond acceptors (Lipinski definition) is 4. The van der Waals surface area contributed by atoms with Gasteiger partial charge in [-0.3, -0.25) is 9.59 Å². The van der Waals surface area contributed by atoms with Crippen molar-refractivity contribution in [3.8, 4) is 12.3 Å². The molecule has 318 valence electrons. The van der Waals surface area contributed by atoms with Gasteiger partial charge in [-0.15, -0.1) is 18.9 Å². The van der Waals surface area contributed by atoms with E-state index in [-0.39, 0.29) is 22.9 Å². The predicted molar refractivity (Wildman–Crippen MR) is 245 cm³/mol. The number of terminal acetylenes is 1. The third-order valence-corrected chi connectivity index (χ3v) is 12.1. The van der Waals surface area contributed by atoms with Crippen LogP contribution in [0.2, 0.25) is 0 Å². The lowest BCUT2D eigenvalue weighted by molar-refractivity contribution is -0.138. The van der Waals surface area contributed by atoms with Gasteiger partial charge in [0.25, 0.3) is 0 Å². The quantitative estimate of drug-likeness (QED) is 0.0990. The maximum atomic E-state index is 11.2. The Bertz CT molecular complexity index is 1200. The second-order valence-corrected chi connectivity index (χ2v) is 19.6. The number of rotatable bonds is 15. The summed E-state index contributed by atoms with van der Waals surface area (Å²) in [6, 6.07) is 0.983. The highest BCUT2D eigenvalue weighted by atomic mass is 16.2. The normalized spacial score (nSPS) is 23.5. The van der Waals surface area contributed by atoms with E-state index in [1.165, 1.54) is 82.3 Å². The standard InChI is InChI=1S/C21H35N.C13H27N.C10H14O2.C4H8.C3H8/c1-14(2)18-17-12-16(17)13-21(18,5)15(3)19(22-6)20(4)10-8-7-9-11-20;1-8-14-11(13(5,6)7)9-10-12(2,3)4;1-4-6-7-9(5-2)10(12)8(3)11;1-3-4-2;1-3-2/h16-19,22H,1,3,7-13H2,2,4-6H3;8,11,14H,1,9-10H2,2-7H3;1,9H,5-7H2,2-3H3;3H,1,4H2,2H3;3H2,1-2H3/t16-,17-,18?,19?,21?;;;;/m0..../s1. The van der Waals surface area contributed by atoms with Crippen LogP contribution in [0.3, 0.4) is 0 Å². The number of nitrogens with one attached hydrogen (secondary N) is 2. The molecule has 4 nitrogen and oxygen atoms in total. The van der Waals surface area contributed by atoms with E-state index in [1.807, 2.05) is 19.2 Å². The average Bonchev–Trinajstić information content (AvgIpc) is 3.76. The molecule has 0 bridgehead atoms. The summed E-state index contributed by atoms with van der Waals surface area (Å²) in [5.41, 5.74) is 4.23. The van der Waals surface area contributed by atoms with Crippen LogP contribution < -0.4 is 10.6 Å². The second-order valence-electron chi connectivity index (χ2n) is 19.6. The molecule has 3 aliphatic rings. The minimum Gasteiger partial charge on any atom is -0.388 e. The number of hydrogen-bond donors (Lipinski definition) is 2. The highest BCUT2D eigenvalue weighted by Crippen LogP contribution is 2.68. The maximum Gasteiger partial charge on any atom is 0.201 e. The van der Waals surface area contributed by atoms with Crippen molar-refractivity contribution >= 4 is 11.6 Å². The van der Waals surface area contributed by atoms with Crippen molar-refractivity contribution in [2.24, 2.45) is 45.3 Å². The van der Waals surface area contributed by atoms with Crippen LogP contribution in [0.4, 0.5) is 0 Å². The summed E-state index contributed by atoms with van der Waals surface area (Å²) in [5, 5.41) is 7.03. The van der Waals surface area contributed by atoms with Crippen molar-refractivity contribution < 1.29 is 9.59 Å². The van der Waals surface area contributed by atoms with E-state index in [9.17, 15) is 9.59 Å². The van der Waals surface area contributed by atoms with Crippen molar-refractivity contribution in [3.05, 3.63) is 49.7 Å². The van der Waals surface area contributed by atoms with Crippen molar-refractivity contribution in [1.82, 2.24) is 10.6 Å². The highest BCUT2D eigenvalue weighted by Gasteiger charge is 2.61. The summed E-state index contributed by atoms with van der Waals surface area (Å²) in [6.07, 6.45) is 25.1. The molecule has 0 aromatic heterocycles. The first-order chi connectivity index (χ1) is 25.5. The first-order valence-corrected chi connectivity index (χ1v) is 21.9. The van der Waals surface area contributed by atoms with E-state index < -0.39 is 0 Å². The Morgan fingerprint density at radius 2 is 1.47 bits per heavy atom. The molecule has 2 N–H and O–H groups in total. The lowest BCUT2D eigenvalue weighted by Crippen LogP contribution is -2.49. The second kappa shape index (κ2) is 26.5. The molecule has 55 heavy (non-hydrogen) atoms. The van der Waals surface area contributed by atoms with Gasteiger partial charge in [0.15, 0.2) is 5.78 Å². The fraction of sp³-hybridized carbons (Fsp3) is 0.765. The van der Waals surface area contributed by atoms with Crippen LogP contribution in [-0.2, 0) is 9.59 Å². The van der Waals surface area contributed by atoms with Gasteiger partial charge in [-0.2, -0.15) is 0 Å². The summed E-state index contributed by atoms with van der Waals surface area (Å²) in [6.45, 7) is 46.7. The van der Waals surface area contributed by atoms with E-state index in [4.69, 9.17) is 6.42 Å². The third kappa shape index (κ3) is 19.6. The van der Waals surface area contributed by atoms with Crippen molar-refractivity contribution in [3.63, 3.8) is 0 Å². The minimum absolute atomic E-state index is 0.168. The van der Waals surface area contributed by atoms with Gasteiger partial charge in [0.05, 0.1) is 0 Å². The molecule has 0 aliphatic heterocycles. The molecule has 3 saturated carbocycles. The Hall–Kier alpha value is -2.38. The minimum atomic E-state index is -0.362. The predicted octanol–water partition coefficient (Wildman–Crippen LogP) is 13.9. The van der Waals surface area contributed by atoms with Crippen molar-refractivity contribution in [1.29, 1.82) is 0 Å². The van der Waals surface area contributed by atoms with Gasteiger partial charge in [-0.25, -0.2) is 0 Å². The van der Waals surface area contributed by atoms with Crippen LogP contribution in [0.1, 0.15) is 187 Å². The number of carbonyl (C=O) groups is 2. The largest absolute Gasteiger partial charge is 0.388 e. The van der Waals surface area contributed by atoms with E-state index in [0.717, 1.165) is 18.3 Å². The van der Waals surface area contributed by atoms with Crippen LogP contribution in [0, 0.1) is 57.7 Å². The smallest absolute Gasteiger partial charge is 0.201 e. The fourth-order valence-electron chi connectivity index (χ4n) is 8.77. The molecule has 0 radical (unpaired) electrons. The highest BCUT2D eigenvalue weighted by molar-refractivity contribution is 6.37. The van der Waals surface area contributed by atoms with Gasteiger partial charge < -0.3 is 10.6 Å². The maximum absolute atomic E-state index is 11.2. The first-order valence-electron chi connectivity index (χ1n) is 21.9. The summed E-state index contributed by atoms with van der Waals surface area (Å²) in [5.74, 6) is 4.15. The molecule has 0 amide bonds. The molecule has 0 heterocycles. The van der Waals surface area contributed by atoms with Crippen LogP contribution >= 0.6 is 0 Å². The summed E-state index contributed by atoms with van der Waals surface area (Å²) in [7, 11) is 2.14. The molecule has 0 aromatic rings. The third-order valence-electron chi connectivity index (χ3n) is 12.1. The summed E-state index contributed by atoms with van der Waals surface area (Å²) < 4.78 is 0. The molecular weight excluding hydrogens is 673 g/mol. The zero-order valence-corrected chi connectivity index (χ0v) is 39.2. The molecular formula is C51H92N2O2. The Balaban J connectivity index is 0. The molecule has 7 atom stereocenters. The van der Waals surface area contributed by atoms with Crippen LogP contribution in [0.25, 0.3) is 0 Å². The molecule has 0 spiro atoms. The van der Waals surface area contributed by atoms with Crippen LogP contribution in [0.5, 0.6) is 0 Å². The van der Waals surface area contributed by atoms with Crippen LogP contribution in [0.15, 0.2) is 49.7 Å². The van der Waals surface area contributed by atoms with Gasteiger partial charge in [-0.05, 0) is 117 Å². The van der Waals surface area contributed by atoms with Gasteiger partial charge in [0.1, 0.15) is 0 Å². The summed E-state index contributed by atoms with van der Waals surface area (Å²) in [4.78, 5) is 21.9. The summed E-state index contributed by atoms with van der Waals surface area (Å²) >= 11 is 0. The first kappa shape index (κ1) is 54.7. The Labute approximate surface area is 344 Å². The number of likely N-dealkylation sites (N-methyl/N-ethyl adjacent to an activating group) is 1. The van der Waals surface area contributed by atoms with Crippen molar-refractivity contribution in [2.75, 3.05) is 7.05 Å². The van der Waals surface area contributed by atoms with Crippen LogP contribution in [-0.4, -0.2) is 30.7 Å². The molecule has 0 saturated heterocycles. The molecule has 3 fully saturated rings. The average molecular weight is 765 g/mol. The lowest BCUT2D eigenvalue weighted by atomic mass is 9.60. The topological polar surface area (TPSA) is 58.2 Å². The monoisotopic (exact) mass is 765 g/mol. The SMILES string of the molecule is C#CCCC(CC)C(=O)C(C)=O.C=C(C)C1[C@H]2C[C@H]2CC1(C)C(=C)C(NC)C1(C)CCCCC1.C=CCC.C=CNC(CCC(C)(C)C)C(C)(C)C.CCC. The van der Waals surface area contributed by atoms with E-state index in [2.05, 4.69) is 133 Å². The number of ketones is 2. The Kier molecular flexibility index (Phi) is 26.4. The van der Waals surface area contributed by atoms with E-state index in [0.29, 0.717) is 53.5 Å². The number of fused-ring (bicyclic) bond motifs is 1. The van der Waals surface area contributed by atoms with E-state index >= 15 is 0 Å². The van der Waals surface area contributed by atoms with Gasteiger partial charge in [0, 0.05) is 31.3 Å².